The molecule has 6 unspecified atom stereocenters. The summed E-state index contributed by atoms with van der Waals surface area (Å²) < 4.78 is 0. The first-order valence-electron chi connectivity index (χ1n) is 7.48. The lowest BCUT2D eigenvalue weighted by Crippen LogP contribution is -2.22. The maximum absolute atomic E-state index is 2.76. The van der Waals surface area contributed by atoms with Crippen LogP contribution in [0.5, 0.6) is 0 Å². The quantitative estimate of drug-likeness (QED) is 0.728. The van der Waals surface area contributed by atoms with E-state index in [0.717, 1.165) is 30.0 Å². The molecule has 2 aliphatic rings. The largest absolute Gasteiger partial charge is 0.291 e. The first-order valence-corrected chi connectivity index (χ1v) is 7.48. The molecular formula is C17H25N. The highest BCUT2D eigenvalue weighted by molar-refractivity contribution is 5.16. The predicted octanol–water partition coefficient (Wildman–Crippen LogP) is 3.74. The summed E-state index contributed by atoms with van der Waals surface area (Å²) in [5.74, 6) is 1.72. The van der Waals surface area contributed by atoms with Crippen LogP contribution in [0.4, 0.5) is 0 Å². The molecule has 98 valence electrons. The van der Waals surface area contributed by atoms with E-state index in [4.69, 9.17) is 0 Å². The molecule has 18 heavy (non-hydrogen) atoms. The SMILES string of the molecule is CC(Cc1ccccc1)CC1C2CC(C)C(C)N12. The molecular weight excluding hydrogens is 218 g/mol. The van der Waals surface area contributed by atoms with Crippen molar-refractivity contribution in [3.8, 4) is 0 Å². The molecule has 2 heterocycles. The molecule has 1 aromatic carbocycles. The summed E-state index contributed by atoms with van der Waals surface area (Å²) in [5, 5.41) is 0. The van der Waals surface area contributed by atoms with E-state index in [2.05, 4.69) is 56.0 Å². The Morgan fingerprint density at radius 3 is 2.56 bits per heavy atom. The average molecular weight is 243 g/mol. The number of hydrogen-bond donors (Lipinski definition) is 0. The van der Waals surface area contributed by atoms with Gasteiger partial charge in [0.1, 0.15) is 0 Å². The molecule has 0 saturated carbocycles. The summed E-state index contributed by atoms with van der Waals surface area (Å²) in [7, 11) is 0. The van der Waals surface area contributed by atoms with Crippen LogP contribution in [-0.2, 0) is 6.42 Å². The molecule has 0 spiro atoms. The van der Waals surface area contributed by atoms with Gasteiger partial charge in [0.25, 0.3) is 0 Å². The highest BCUT2D eigenvalue weighted by Gasteiger charge is 2.56. The molecule has 0 bridgehead atoms. The average Bonchev–Trinajstić information content (AvgIpc) is 2.91. The van der Waals surface area contributed by atoms with Gasteiger partial charge in [-0.05, 0) is 43.6 Å². The molecule has 6 atom stereocenters. The fourth-order valence-corrected chi connectivity index (χ4v) is 3.90. The Hall–Kier alpha value is -0.820. The van der Waals surface area contributed by atoms with Crippen LogP contribution in [0.2, 0.25) is 0 Å². The highest BCUT2D eigenvalue weighted by atomic mass is 15.4. The van der Waals surface area contributed by atoms with E-state index in [-0.39, 0.29) is 0 Å². The van der Waals surface area contributed by atoms with Crippen LogP contribution < -0.4 is 0 Å². The smallest absolute Gasteiger partial charge is 0.0261 e. The minimum Gasteiger partial charge on any atom is -0.291 e. The lowest BCUT2D eigenvalue weighted by atomic mass is 9.92. The lowest BCUT2D eigenvalue weighted by Gasteiger charge is -2.19. The van der Waals surface area contributed by atoms with Crippen molar-refractivity contribution in [1.29, 1.82) is 0 Å². The lowest BCUT2D eigenvalue weighted by molar-refractivity contribution is 0.323. The van der Waals surface area contributed by atoms with Gasteiger partial charge in [-0.15, -0.1) is 0 Å². The molecule has 3 rings (SSSR count). The third-order valence-corrected chi connectivity index (χ3v) is 5.10. The Bertz CT molecular complexity index is 399. The number of piperidine rings is 1. The van der Waals surface area contributed by atoms with Gasteiger partial charge in [0, 0.05) is 18.1 Å². The van der Waals surface area contributed by atoms with Gasteiger partial charge in [0.05, 0.1) is 0 Å². The van der Waals surface area contributed by atoms with E-state index >= 15 is 0 Å². The summed E-state index contributed by atoms with van der Waals surface area (Å²) in [4.78, 5) is 2.76. The summed E-state index contributed by atoms with van der Waals surface area (Å²) in [6, 6.07) is 13.6. The Labute approximate surface area is 111 Å². The molecule has 2 saturated heterocycles. The van der Waals surface area contributed by atoms with Crippen molar-refractivity contribution in [3.05, 3.63) is 35.9 Å². The van der Waals surface area contributed by atoms with Gasteiger partial charge < -0.3 is 0 Å². The van der Waals surface area contributed by atoms with Crippen LogP contribution >= 0.6 is 0 Å². The molecule has 0 aliphatic carbocycles. The second kappa shape index (κ2) is 4.70. The number of hydrogen-bond acceptors (Lipinski definition) is 1. The minimum absolute atomic E-state index is 0.811. The fraction of sp³-hybridized carbons (Fsp3) is 0.647. The molecule has 2 aliphatic heterocycles. The fourth-order valence-electron chi connectivity index (χ4n) is 3.90. The van der Waals surface area contributed by atoms with Gasteiger partial charge in [-0.1, -0.05) is 44.2 Å². The van der Waals surface area contributed by atoms with Gasteiger partial charge in [-0.2, -0.15) is 0 Å². The van der Waals surface area contributed by atoms with Gasteiger partial charge >= 0.3 is 0 Å². The number of rotatable bonds is 4. The van der Waals surface area contributed by atoms with E-state index in [1.807, 2.05) is 0 Å². The predicted molar refractivity (Wildman–Crippen MR) is 76.6 cm³/mol. The first kappa shape index (κ1) is 12.2. The van der Waals surface area contributed by atoms with Crippen LogP contribution in [0.3, 0.4) is 0 Å². The standard InChI is InChI=1S/C17H25N/c1-12(9-15-7-5-4-6-8-15)10-16-17-11-13(2)14(3)18(16)17/h4-8,12-14,16-17H,9-11H2,1-3H3. The van der Waals surface area contributed by atoms with Crippen LogP contribution in [0.25, 0.3) is 0 Å². The molecule has 2 fully saturated rings. The monoisotopic (exact) mass is 243 g/mol. The third-order valence-electron chi connectivity index (χ3n) is 5.10. The molecule has 0 N–H and O–H groups in total. The van der Waals surface area contributed by atoms with Gasteiger partial charge in [0.2, 0.25) is 0 Å². The van der Waals surface area contributed by atoms with Crippen LogP contribution in [-0.4, -0.2) is 23.0 Å². The van der Waals surface area contributed by atoms with Gasteiger partial charge in [-0.3, -0.25) is 4.90 Å². The molecule has 1 aromatic rings. The van der Waals surface area contributed by atoms with E-state index in [9.17, 15) is 0 Å². The van der Waals surface area contributed by atoms with Crippen molar-refractivity contribution < 1.29 is 0 Å². The van der Waals surface area contributed by atoms with Crippen molar-refractivity contribution in [3.63, 3.8) is 0 Å². The Balaban J connectivity index is 1.51. The summed E-state index contributed by atoms with van der Waals surface area (Å²) in [6.07, 6.45) is 4.06. The van der Waals surface area contributed by atoms with Crippen LogP contribution in [0.15, 0.2) is 30.3 Å². The summed E-state index contributed by atoms with van der Waals surface area (Å²) in [5.41, 5.74) is 1.49. The van der Waals surface area contributed by atoms with Crippen LogP contribution in [0.1, 0.15) is 39.2 Å². The zero-order chi connectivity index (χ0) is 12.7. The third kappa shape index (κ3) is 2.21. The van der Waals surface area contributed by atoms with E-state index < -0.39 is 0 Å². The minimum atomic E-state index is 0.811. The second-order valence-electron chi connectivity index (χ2n) is 6.57. The van der Waals surface area contributed by atoms with E-state index in [1.165, 1.54) is 24.8 Å². The first-order chi connectivity index (χ1) is 8.66. The van der Waals surface area contributed by atoms with Gasteiger partial charge in [-0.25, -0.2) is 0 Å². The maximum atomic E-state index is 2.76. The molecule has 1 heteroatoms. The second-order valence-corrected chi connectivity index (χ2v) is 6.57. The molecule has 0 aromatic heterocycles. The Morgan fingerprint density at radius 2 is 1.94 bits per heavy atom. The van der Waals surface area contributed by atoms with Gasteiger partial charge in [0.15, 0.2) is 0 Å². The van der Waals surface area contributed by atoms with E-state index in [1.54, 1.807) is 0 Å². The van der Waals surface area contributed by atoms with Crippen molar-refractivity contribution in [2.45, 2.75) is 58.2 Å². The van der Waals surface area contributed by atoms with Crippen molar-refractivity contribution in [2.24, 2.45) is 11.8 Å². The normalized spacial score (nSPS) is 39.4. The van der Waals surface area contributed by atoms with Crippen molar-refractivity contribution >= 4 is 0 Å². The zero-order valence-electron chi connectivity index (χ0n) is 11.8. The van der Waals surface area contributed by atoms with Crippen LogP contribution in [0, 0.1) is 11.8 Å². The number of fused-ring (bicyclic) bond motifs is 1. The molecule has 0 amide bonds. The Morgan fingerprint density at radius 1 is 1.22 bits per heavy atom. The molecule has 1 nitrogen and oxygen atoms in total. The van der Waals surface area contributed by atoms with E-state index in [0.29, 0.717) is 0 Å². The van der Waals surface area contributed by atoms with Crippen molar-refractivity contribution in [1.82, 2.24) is 4.90 Å². The molecule has 0 radical (unpaired) electrons. The highest BCUT2D eigenvalue weighted by Crippen LogP contribution is 2.48. The summed E-state index contributed by atoms with van der Waals surface area (Å²) >= 11 is 0. The topological polar surface area (TPSA) is 3.01 Å². The Kier molecular flexibility index (Phi) is 3.19. The maximum Gasteiger partial charge on any atom is 0.0261 e. The number of benzene rings is 1. The van der Waals surface area contributed by atoms with Crippen molar-refractivity contribution in [2.75, 3.05) is 0 Å². The summed E-state index contributed by atoms with van der Waals surface area (Å²) in [6.45, 7) is 7.23. The number of nitrogens with zero attached hydrogens (tertiary/aromatic N) is 1. The zero-order valence-corrected chi connectivity index (χ0v) is 11.8.